The molecule has 2 amide bonds. The molecule has 0 spiro atoms. The van der Waals surface area contributed by atoms with Crippen molar-refractivity contribution in [1.82, 2.24) is 10.2 Å². The molecule has 38 heavy (non-hydrogen) atoms. The average Bonchev–Trinajstić information content (AvgIpc) is 2.91. The second-order valence-corrected chi connectivity index (χ2v) is 11.3. The molecule has 0 aliphatic carbocycles. The highest BCUT2D eigenvalue weighted by Gasteiger charge is 2.33. The summed E-state index contributed by atoms with van der Waals surface area (Å²) in [6.07, 6.45) is 0.577. The first-order chi connectivity index (χ1) is 18.1. The molecular weight excluding hydrogens is 522 g/mol. The Hall–Kier alpha value is -3.36. The number of halogens is 1. The maximum Gasteiger partial charge on any atom is 0.264 e. The Labute approximate surface area is 230 Å². The zero-order valence-electron chi connectivity index (χ0n) is 22.1. The molecule has 0 aromatic heterocycles. The van der Waals surface area contributed by atoms with Crippen LogP contribution in [0.4, 0.5) is 5.69 Å². The predicted octanol–water partition coefficient (Wildman–Crippen LogP) is 4.96. The van der Waals surface area contributed by atoms with Crippen molar-refractivity contribution in [3.8, 4) is 0 Å². The van der Waals surface area contributed by atoms with Crippen molar-refractivity contribution in [2.75, 3.05) is 17.4 Å². The maximum absolute atomic E-state index is 13.9. The fourth-order valence-corrected chi connectivity index (χ4v) is 5.67. The monoisotopic (exact) mass is 555 g/mol. The highest BCUT2D eigenvalue weighted by molar-refractivity contribution is 7.92. The normalized spacial score (nSPS) is 12.0. The van der Waals surface area contributed by atoms with Crippen molar-refractivity contribution in [1.29, 1.82) is 0 Å². The fourth-order valence-electron chi connectivity index (χ4n) is 4.09. The van der Waals surface area contributed by atoms with E-state index in [0.29, 0.717) is 23.7 Å². The third-order valence-electron chi connectivity index (χ3n) is 6.31. The van der Waals surface area contributed by atoms with Crippen molar-refractivity contribution in [3.63, 3.8) is 0 Å². The Morgan fingerprint density at radius 1 is 0.947 bits per heavy atom. The third-order valence-corrected chi connectivity index (χ3v) is 8.34. The molecule has 3 aromatic rings. The summed E-state index contributed by atoms with van der Waals surface area (Å²) >= 11 is 6.03. The zero-order chi connectivity index (χ0) is 27.9. The second-order valence-electron chi connectivity index (χ2n) is 9.03. The van der Waals surface area contributed by atoms with Gasteiger partial charge in [-0.3, -0.25) is 13.9 Å². The molecule has 0 fully saturated rings. The van der Waals surface area contributed by atoms with Crippen LogP contribution in [-0.2, 0) is 32.6 Å². The number of amides is 2. The van der Waals surface area contributed by atoms with Crippen LogP contribution < -0.4 is 9.62 Å². The van der Waals surface area contributed by atoms with Crippen LogP contribution in [0.25, 0.3) is 0 Å². The maximum atomic E-state index is 13.9. The Morgan fingerprint density at radius 2 is 1.58 bits per heavy atom. The first-order valence-electron chi connectivity index (χ1n) is 12.6. The van der Waals surface area contributed by atoms with Gasteiger partial charge in [-0.25, -0.2) is 8.42 Å². The molecule has 7 nitrogen and oxygen atoms in total. The van der Waals surface area contributed by atoms with Gasteiger partial charge < -0.3 is 10.2 Å². The van der Waals surface area contributed by atoms with Gasteiger partial charge in [-0.1, -0.05) is 66.6 Å². The minimum atomic E-state index is -4.10. The quantitative estimate of drug-likeness (QED) is 0.362. The summed E-state index contributed by atoms with van der Waals surface area (Å²) in [7, 11) is -4.10. The lowest BCUT2D eigenvalue weighted by Gasteiger charge is -2.32. The number of nitrogens with one attached hydrogen (secondary N) is 1. The molecule has 1 atom stereocenters. The molecule has 202 valence electrons. The summed E-state index contributed by atoms with van der Waals surface area (Å²) in [5, 5.41) is 3.31. The lowest BCUT2D eigenvalue weighted by atomic mass is 10.1. The topological polar surface area (TPSA) is 86.8 Å². The molecule has 0 heterocycles. The van der Waals surface area contributed by atoms with Gasteiger partial charge in [0, 0.05) is 18.1 Å². The number of rotatable bonds is 11. The number of sulfonamides is 1. The summed E-state index contributed by atoms with van der Waals surface area (Å²) in [6.45, 7) is 7.30. The molecular formula is C29H34ClN3O4S. The minimum absolute atomic E-state index is 0.0860. The van der Waals surface area contributed by atoms with Gasteiger partial charge in [0.1, 0.15) is 12.6 Å². The van der Waals surface area contributed by atoms with Gasteiger partial charge >= 0.3 is 0 Å². The Morgan fingerprint density at radius 3 is 2.18 bits per heavy atom. The van der Waals surface area contributed by atoms with E-state index in [1.165, 1.54) is 4.90 Å². The minimum Gasteiger partial charge on any atom is -0.355 e. The number of likely N-dealkylation sites (N-methyl/N-ethyl adjacent to an activating group) is 1. The first kappa shape index (κ1) is 29.2. The largest absolute Gasteiger partial charge is 0.355 e. The number of anilines is 1. The van der Waals surface area contributed by atoms with E-state index < -0.39 is 28.5 Å². The van der Waals surface area contributed by atoms with E-state index in [4.69, 9.17) is 11.6 Å². The van der Waals surface area contributed by atoms with E-state index in [0.717, 1.165) is 21.0 Å². The summed E-state index contributed by atoms with van der Waals surface area (Å²) in [5.41, 5.74) is 2.91. The highest BCUT2D eigenvalue weighted by Crippen LogP contribution is 2.28. The third kappa shape index (κ3) is 6.94. The fraction of sp³-hybridized carbons (Fsp3) is 0.310. The number of hydrogen-bond acceptors (Lipinski definition) is 4. The van der Waals surface area contributed by atoms with Gasteiger partial charge in [0.15, 0.2) is 0 Å². The van der Waals surface area contributed by atoms with E-state index in [1.54, 1.807) is 74.5 Å². The van der Waals surface area contributed by atoms with Gasteiger partial charge in [0.05, 0.1) is 10.6 Å². The standard InChI is InChI=1S/C29H34ClN3O4S/c1-5-24-9-7-8-10-27(24)33(38(36,37)26-17-11-21(3)12-18-26)20-28(34)32(22(4)29(35)31-6-2)19-23-13-15-25(30)16-14-23/h7-18,22H,5-6,19-20H2,1-4H3,(H,31,35). The molecule has 0 aliphatic heterocycles. The number of carbonyl (C=O) groups is 2. The van der Waals surface area contributed by atoms with Crippen LogP contribution >= 0.6 is 11.6 Å². The van der Waals surface area contributed by atoms with Crippen molar-refractivity contribution in [2.24, 2.45) is 0 Å². The van der Waals surface area contributed by atoms with Crippen molar-refractivity contribution >= 4 is 39.1 Å². The predicted molar refractivity (Wildman–Crippen MR) is 152 cm³/mol. The van der Waals surface area contributed by atoms with Crippen LogP contribution in [0.3, 0.4) is 0 Å². The van der Waals surface area contributed by atoms with Crippen molar-refractivity contribution in [3.05, 3.63) is 94.5 Å². The number of carbonyl (C=O) groups excluding carboxylic acids is 2. The smallest absolute Gasteiger partial charge is 0.264 e. The van der Waals surface area contributed by atoms with Crippen LogP contribution in [-0.4, -0.2) is 44.3 Å². The van der Waals surface area contributed by atoms with Gasteiger partial charge in [-0.2, -0.15) is 0 Å². The molecule has 0 aliphatic rings. The van der Waals surface area contributed by atoms with Crippen molar-refractivity contribution < 1.29 is 18.0 Å². The second kappa shape index (κ2) is 12.9. The van der Waals surface area contributed by atoms with E-state index in [2.05, 4.69) is 5.32 Å². The Kier molecular flexibility index (Phi) is 9.94. The summed E-state index contributed by atoms with van der Waals surface area (Å²) < 4.78 is 29.0. The van der Waals surface area contributed by atoms with Crippen LogP contribution in [0, 0.1) is 6.92 Å². The lowest BCUT2D eigenvalue weighted by Crippen LogP contribution is -2.51. The molecule has 3 aromatic carbocycles. The first-order valence-corrected chi connectivity index (χ1v) is 14.4. The van der Waals surface area contributed by atoms with E-state index in [9.17, 15) is 18.0 Å². The molecule has 0 bridgehead atoms. The van der Waals surface area contributed by atoms with Gasteiger partial charge in [-0.05, 0) is 68.7 Å². The molecule has 0 saturated carbocycles. The lowest BCUT2D eigenvalue weighted by molar-refractivity contribution is -0.139. The van der Waals surface area contributed by atoms with Crippen LogP contribution in [0.1, 0.15) is 37.5 Å². The Bertz CT molecular complexity index is 1360. The number of aryl methyl sites for hydroxylation is 2. The van der Waals surface area contributed by atoms with Crippen molar-refractivity contribution in [2.45, 2.75) is 51.6 Å². The molecule has 1 N–H and O–H groups in total. The Balaban J connectivity index is 2.06. The van der Waals surface area contributed by atoms with E-state index in [1.807, 2.05) is 26.0 Å². The van der Waals surface area contributed by atoms with Crippen LogP contribution in [0.15, 0.2) is 77.7 Å². The van der Waals surface area contributed by atoms with Gasteiger partial charge in [0.25, 0.3) is 10.0 Å². The molecule has 0 radical (unpaired) electrons. The van der Waals surface area contributed by atoms with Crippen LogP contribution in [0.5, 0.6) is 0 Å². The zero-order valence-corrected chi connectivity index (χ0v) is 23.7. The molecule has 3 rings (SSSR count). The van der Waals surface area contributed by atoms with E-state index in [-0.39, 0.29) is 17.3 Å². The van der Waals surface area contributed by atoms with Crippen LogP contribution in [0.2, 0.25) is 5.02 Å². The SMILES string of the molecule is CCNC(=O)C(C)N(Cc1ccc(Cl)cc1)C(=O)CN(c1ccccc1CC)S(=O)(=O)c1ccc(C)cc1. The van der Waals surface area contributed by atoms with Gasteiger partial charge in [0.2, 0.25) is 11.8 Å². The summed E-state index contributed by atoms with van der Waals surface area (Å²) in [4.78, 5) is 28.2. The number of para-hydroxylation sites is 1. The van der Waals surface area contributed by atoms with E-state index >= 15 is 0 Å². The summed E-state index contributed by atoms with van der Waals surface area (Å²) in [5.74, 6) is -0.822. The average molecular weight is 556 g/mol. The van der Waals surface area contributed by atoms with Gasteiger partial charge in [-0.15, -0.1) is 0 Å². The number of benzene rings is 3. The molecule has 0 saturated heterocycles. The molecule has 1 unspecified atom stereocenters. The summed E-state index contributed by atoms with van der Waals surface area (Å²) in [6, 6.07) is 19.8. The highest BCUT2D eigenvalue weighted by atomic mass is 35.5. The number of hydrogen-bond donors (Lipinski definition) is 1. The molecule has 9 heteroatoms. The number of nitrogens with zero attached hydrogens (tertiary/aromatic N) is 2.